The average molecular weight is 441 g/mol. The third kappa shape index (κ3) is 4.08. The van der Waals surface area contributed by atoms with Crippen molar-refractivity contribution < 1.29 is 19.1 Å². The Kier molecular flexibility index (Phi) is 5.95. The van der Waals surface area contributed by atoms with E-state index in [1.165, 1.54) is 27.3 Å². The first-order valence-corrected chi connectivity index (χ1v) is 10.3. The van der Waals surface area contributed by atoms with Crippen LogP contribution in [0.4, 0.5) is 21.9 Å². The molecule has 1 aliphatic rings. The summed E-state index contributed by atoms with van der Waals surface area (Å²) in [6, 6.07) is 24.7. The molecule has 166 valence electrons. The summed E-state index contributed by atoms with van der Waals surface area (Å²) < 4.78 is 5.61. The number of hydrogen-bond donors (Lipinski definition) is 0. The molecule has 1 saturated heterocycles. The quantitative estimate of drug-likeness (QED) is 0.428. The average Bonchev–Trinajstić information content (AvgIpc) is 2.86. The van der Waals surface area contributed by atoms with Crippen LogP contribution in [0.1, 0.15) is 5.56 Å². The van der Waals surface area contributed by atoms with Crippen LogP contribution in [-0.4, -0.2) is 48.9 Å². The first-order valence-electron chi connectivity index (χ1n) is 10.3. The summed E-state index contributed by atoms with van der Waals surface area (Å²) in [5.74, 6) is -0.812. The third-order valence-electron chi connectivity index (χ3n) is 5.45. The molecule has 0 aromatic heterocycles. The van der Waals surface area contributed by atoms with Gasteiger partial charge < -0.3 is 9.64 Å². The maximum Gasteiger partial charge on any atom is 0.333 e. The van der Waals surface area contributed by atoms with Crippen molar-refractivity contribution in [1.82, 2.24) is 9.80 Å². The predicted molar refractivity (Wildman–Crippen MR) is 127 cm³/mol. The fourth-order valence-electron chi connectivity index (χ4n) is 3.69. The maximum absolute atomic E-state index is 12.6. The van der Waals surface area contributed by atoms with E-state index in [2.05, 4.69) is 4.90 Å². The van der Waals surface area contributed by atoms with Gasteiger partial charge in [-0.3, -0.25) is 19.4 Å². The van der Waals surface area contributed by atoms with Crippen LogP contribution in [0, 0.1) is 0 Å². The molecule has 7 heteroatoms. The number of nitrogens with zero attached hydrogens (tertiary/aromatic N) is 3. The number of carbonyl (C=O) groups is 3. The number of para-hydroxylation sites is 2. The topological polar surface area (TPSA) is 70.2 Å². The van der Waals surface area contributed by atoms with Gasteiger partial charge in [-0.25, -0.2) is 4.79 Å². The Labute approximate surface area is 192 Å². The van der Waals surface area contributed by atoms with Crippen LogP contribution in [0.3, 0.4) is 0 Å². The van der Waals surface area contributed by atoms with Crippen LogP contribution >= 0.6 is 0 Å². The third-order valence-corrected chi connectivity index (χ3v) is 5.45. The number of likely N-dealkylation sites (N-methyl/N-ethyl adjacent to an activating group) is 2. The van der Waals surface area contributed by atoms with Gasteiger partial charge in [-0.1, -0.05) is 36.4 Å². The lowest BCUT2D eigenvalue weighted by molar-refractivity contribution is -0.134. The van der Waals surface area contributed by atoms with Crippen molar-refractivity contribution in [2.24, 2.45) is 0 Å². The molecule has 0 spiro atoms. The Morgan fingerprint density at radius 3 is 1.73 bits per heavy atom. The monoisotopic (exact) mass is 441 g/mol. The molecule has 3 aromatic carbocycles. The predicted octanol–water partition coefficient (Wildman–Crippen LogP) is 4.60. The number of amides is 4. The van der Waals surface area contributed by atoms with Gasteiger partial charge in [-0.2, -0.15) is 0 Å². The number of benzene rings is 3. The van der Waals surface area contributed by atoms with Gasteiger partial charge in [0, 0.05) is 42.8 Å². The first-order chi connectivity index (χ1) is 15.9. The normalized spacial score (nSPS) is 13.9. The number of hydrogen-bond acceptors (Lipinski definition) is 5. The van der Waals surface area contributed by atoms with Crippen molar-refractivity contribution in [3.8, 4) is 5.75 Å². The lowest BCUT2D eigenvalue weighted by Crippen LogP contribution is -2.52. The van der Waals surface area contributed by atoms with E-state index >= 15 is 0 Å². The Morgan fingerprint density at radius 2 is 1.24 bits per heavy atom. The van der Waals surface area contributed by atoms with Gasteiger partial charge in [0.2, 0.25) is 0 Å². The lowest BCUT2D eigenvalue weighted by atomic mass is 10.0. The van der Waals surface area contributed by atoms with E-state index in [1.807, 2.05) is 72.8 Å². The number of imide groups is 2. The number of rotatable bonds is 5. The van der Waals surface area contributed by atoms with E-state index in [1.54, 1.807) is 6.07 Å². The van der Waals surface area contributed by atoms with Gasteiger partial charge in [0.05, 0.1) is 7.11 Å². The zero-order valence-electron chi connectivity index (χ0n) is 18.6. The van der Waals surface area contributed by atoms with Crippen LogP contribution < -0.4 is 9.64 Å². The van der Waals surface area contributed by atoms with Gasteiger partial charge in [0.1, 0.15) is 11.3 Å². The Morgan fingerprint density at radius 1 is 0.727 bits per heavy atom. The van der Waals surface area contributed by atoms with Gasteiger partial charge in [0.25, 0.3) is 11.8 Å². The van der Waals surface area contributed by atoms with E-state index in [-0.39, 0.29) is 5.57 Å². The summed E-state index contributed by atoms with van der Waals surface area (Å²) in [4.78, 5) is 41.1. The molecule has 0 atom stereocenters. The number of methoxy groups -OCH3 is 1. The number of ether oxygens (including phenoxy) is 1. The summed E-state index contributed by atoms with van der Waals surface area (Å²) in [5.41, 5.74) is 3.23. The molecule has 0 radical (unpaired) electrons. The summed E-state index contributed by atoms with van der Waals surface area (Å²) in [5, 5.41) is 0. The summed E-state index contributed by atoms with van der Waals surface area (Å²) in [6.07, 6.45) is 1.46. The second-order valence-corrected chi connectivity index (χ2v) is 7.50. The molecular formula is C26H23N3O4. The zero-order chi connectivity index (χ0) is 23.5. The second-order valence-electron chi connectivity index (χ2n) is 7.50. The Balaban J connectivity index is 1.79. The highest BCUT2D eigenvalue weighted by Gasteiger charge is 2.38. The largest absolute Gasteiger partial charge is 0.496 e. The molecule has 0 aliphatic carbocycles. The standard InChI is InChI=1S/C26H23N3O4/c1-27-24(30)22(25(31)28(2)26(27)32)16-18-14-15-21(17-23(18)33-3)29(19-10-6-4-7-11-19)20-12-8-5-9-13-20/h4-17H,1-3H3. The molecule has 1 aliphatic heterocycles. The van der Waals surface area contributed by atoms with Crippen LogP contribution in [0.25, 0.3) is 6.08 Å². The minimum absolute atomic E-state index is 0.103. The summed E-state index contributed by atoms with van der Waals surface area (Å²) >= 11 is 0. The molecular weight excluding hydrogens is 418 g/mol. The van der Waals surface area contributed by atoms with E-state index in [0.717, 1.165) is 26.9 Å². The second kappa shape index (κ2) is 9.00. The molecule has 0 saturated carbocycles. The molecule has 0 bridgehead atoms. The van der Waals surface area contributed by atoms with Crippen molar-refractivity contribution in [3.05, 3.63) is 90.0 Å². The van der Waals surface area contributed by atoms with Crippen LogP contribution in [0.5, 0.6) is 5.75 Å². The summed E-state index contributed by atoms with van der Waals surface area (Å²) in [6.45, 7) is 0. The number of anilines is 3. The number of barbiturate groups is 1. The number of carbonyl (C=O) groups excluding carboxylic acids is 3. The Bertz CT molecular complexity index is 1170. The molecule has 3 aromatic rings. The van der Waals surface area contributed by atoms with E-state index in [9.17, 15) is 14.4 Å². The van der Waals surface area contributed by atoms with Crippen LogP contribution in [0.2, 0.25) is 0 Å². The van der Waals surface area contributed by atoms with E-state index < -0.39 is 17.8 Å². The Hall–Kier alpha value is -4.39. The van der Waals surface area contributed by atoms with E-state index in [4.69, 9.17) is 4.74 Å². The minimum Gasteiger partial charge on any atom is -0.496 e. The molecule has 1 heterocycles. The SMILES string of the molecule is COc1cc(N(c2ccccc2)c2ccccc2)ccc1C=C1C(=O)N(C)C(=O)N(C)C1=O. The van der Waals surface area contributed by atoms with Crippen molar-refractivity contribution in [3.63, 3.8) is 0 Å². The number of urea groups is 1. The van der Waals surface area contributed by atoms with Crippen molar-refractivity contribution in [1.29, 1.82) is 0 Å². The van der Waals surface area contributed by atoms with Crippen molar-refractivity contribution in [2.75, 3.05) is 26.1 Å². The molecule has 0 unspecified atom stereocenters. The highest BCUT2D eigenvalue weighted by molar-refractivity contribution is 6.30. The van der Waals surface area contributed by atoms with Crippen LogP contribution in [0.15, 0.2) is 84.4 Å². The van der Waals surface area contributed by atoms with E-state index in [0.29, 0.717) is 11.3 Å². The maximum atomic E-state index is 12.6. The highest BCUT2D eigenvalue weighted by Crippen LogP contribution is 2.37. The minimum atomic E-state index is -0.661. The molecule has 1 fully saturated rings. The molecule has 4 amide bonds. The van der Waals surface area contributed by atoms with Gasteiger partial charge in [-0.15, -0.1) is 0 Å². The van der Waals surface area contributed by atoms with Crippen molar-refractivity contribution >= 4 is 41.0 Å². The van der Waals surface area contributed by atoms with Gasteiger partial charge >= 0.3 is 6.03 Å². The lowest BCUT2D eigenvalue weighted by Gasteiger charge is -2.29. The first kappa shape index (κ1) is 21.8. The fraction of sp³-hybridized carbons (Fsp3) is 0.115. The molecule has 33 heavy (non-hydrogen) atoms. The molecule has 7 nitrogen and oxygen atoms in total. The van der Waals surface area contributed by atoms with Gasteiger partial charge in [-0.05, 0) is 42.5 Å². The van der Waals surface area contributed by atoms with Crippen molar-refractivity contribution in [2.45, 2.75) is 0 Å². The highest BCUT2D eigenvalue weighted by atomic mass is 16.5. The van der Waals surface area contributed by atoms with Crippen LogP contribution in [-0.2, 0) is 9.59 Å². The summed E-state index contributed by atoms with van der Waals surface area (Å²) in [7, 11) is 4.22. The smallest absolute Gasteiger partial charge is 0.333 e. The zero-order valence-corrected chi connectivity index (χ0v) is 18.6. The van der Waals surface area contributed by atoms with Gasteiger partial charge in [0.15, 0.2) is 0 Å². The molecule has 0 N–H and O–H groups in total. The fourth-order valence-corrected chi connectivity index (χ4v) is 3.69. The molecule has 4 rings (SSSR count).